The average Bonchev–Trinajstić information content (AvgIpc) is 1.78. The van der Waals surface area contributed by atoms with Crippen molar-refractivity contribution in [1.82, 2.24) is 0 Å². The summed E-state index contributed by atoms with van der Waals surface area (Å²) >= 11 is 0. The van der Waals surface area contributed by atoms with Gasteiger partial charge in [-0.3, -0.25) is 0 Å². The van der Waals surface area contributed by atoms with Crippen molar-refractivity contribution in [2.45, 2.75) is 38.3 Å². The van der Waals surface area contributed by atoms with Crippen LogP contribution in [0.25, 0.3) is 0 Å². The van der Waals surface area contributed by atoms with Gasteiger partial charge in [0.05, 0.1) is 5.41 Å². The smallest absolute Gasteiger partial charge is 0.330 e. The van der Waals surface area contributed by atoms with Crippen LogP contribution >= 0.6 is 0 Å². The second kappa shape index (κ2) is 2.41. The number of halogens is 3. The lowest BCUT2D eigenvalue weighted by atomic mass is 9.34. The predicted molar refractivity (Wildman–Crippen MR) is 43.1 cm³/mol. The number of alkyl halides is 3. The van der Waals surface area contributed by atoms with Crippen LogP contribution in [0.2, 0.25) is 0 Å². The molecule has 2 N–H and O–H groups in total. The normalized spacial score (nSPS) is 42.5. The number of hydrogen-bond acceptors (Lipinski definition) is 1. The lowest BCUT2D eigenvalue weighted by Gasteiger charge is -2.71. The van der Waals surface area contributed by atoms with Crippen molar-refractivity contribution in [1.29, 1.82) is 0 Å². The molecule has 0 unspecified atom stereocenters. The minimum absolute atomic E-state index is 0.0366. The molecule has 0 heterocycles. The molecule has 3 fully saturated rings. The Kier molecular flexibility index (Phi) is 1.72. The van der Waals surface area contributed by atoms with Gasteiger partial charge in [-0.15, -0.1) is 0 Å². The van der Waals surface area contributed by atoms with E-state index < -0.39 is 11.6 Å². The number of hydrogen-bond donors (Lipinski definition) is 1. The Morgan fingerprint density at radius 3 is 2.08 bits per heavy atom. The van der Waals surface area contributed by atoms with Crippen molar-refractivity contribution >= 4 is 0 Å². The second-order valence-corrected chi connectivity index (χ2v) is 4.70. The minimum Gasteiger partial charge on any atom is -0.330 e. The molecule has 0 aliphatic heterocycles. The Labute approximate surface area is 75.5 Å². The van der Waals surface area contributed by atoms with Crippen LogP contribution in [0.1, 0.15) is 32.1 Å². The van der Waals surface area contributed by atoms with E-state index in [1.54, 1.807) is 0 Å². The van der Waals surface area contributed by atoms with Crippen LogP contribution in [0, 0.1) is 10.8 Å². The van der Waals surface area contributed by atoms with Gasteiger partial charge in [0.15, 0.2) is 0 Å². The van der Waals surface area contributed by atoms with Gasteiger partial charge in [-0.05, 0) is 44.1 Å². The molecule has 1 nitrogen and oxygen atoms in total. The van der Waals surface area contributed by atoms with Gasteiger partial charge in [-0.25, -0.2) is 0 Å². The fourth-order valence-electron chi connectivity index (χ4n) is 3.04. The van der Waals surface area contributed by atoms with Gasteiger partial charge in [0, 0.05) is 0 Å². The summed E-state index contributed by atoms with van der Waals surface area (Å²) in [6.45, 7) is 0.598. The largest absolute Gasteiger partial charge is 0.394 e. The molecule has 76 valence electrons. The van der Waals surface area contributed by atoms with Gasteiger partial charge in [0.1, 0.15) is 0 Å². The highest BCUT2D eigenvalue weighted by Gasteiger charge is 2.77. The predicted octanol–water partition coefficient (Wildman–Crippen LogP) is 2.46. The molecule has 0 atom stereocenters. The first-order valence-corrected chi connectivity index (χ1v) is 4.70. The van der Waals surface area contributed by atoms with Crippen LogP contribution in [-0.4, -0.2) is 12.7 Å². The van der Waals surface area contributed by atoms with E-state index in [4.69, 9.17) is 5.73 Å². The van der Waals surface area contributed by atoms with Crippen molar-refractivity contribution in [3.63, 3.8) is 0 Å². The molecule has 2 bridgehead atoms. The molecule has 0 aromatic heterocycles. The molecule has 13 heavy (non-hydrogen) atoms. The highest BCUT2D eigenvalue weighted by molar-refractivity contribution is 5.19. The maximum Gasteiger partial charge on any atom is 0.394 e. The van der Waals surface area contributed by atoms with E-state index in [1.165, 1.54) is 0 Å². The highest BCUT2D eigenvalue weighted by Crippen LogP contribution is 2.79. The Morgan fingerprint density at radius 1 is 1.15 bits per heavy atom. The molecule has 0 aromatic carbocycles. The van der Waals surface area contributed by atoms with E-state index in [0.29, 0.717) is 25.8 Å². The third-order valence-corrected chi connectivity index (χ3v) is 3.65. The molecule has 3 saturated carbocycles. The lowest BCUT2D eigenvalue weighted by Crippen LogP contribution is -2.67. The van der Waals surface area contributed by atoms with Crippen LogP contribution in [0.15, 0.2) is 0 Å². The molecule has 0 spiro atoms. The standard InChI is InChI=1S/C9H14F3N/c10-9(11,12)8-4-7(5-8,6-8)2-1-3-13/h1-6,13H2. The summed E-state index contributed by atoms with van der Waals surface area (Å²) in [5.74, 6) is 0. The molecule has 3 rings (SSSR count). The molecule has 0 aromatic rings. The second-order valence-electron chi connectivity index (χ2n) is 4.70. The summed E-state index contributed by atoms with van der Waals surface area (Å²) in [5.41, 5.74) is 4.09. The molecule has 4 heteroatoms. The SMILES string of the molecule is NCCCC12CC(C(F)(F)F)(C1)C2. The van der Waals surface area contributed by atoms with Gasteiger partial charge >= 0.3 is 6.18 Å². The molecular formula is C9H14F3N. The Bertz CT molecular complexity index is 202. The van der Waals surface area contributed by atoms with Crippen molar-refractivity contribution < 1.29 is 13.2 Å². The average molecular weight is 193 g/mol. The van der Waals surface area contributed by atoms with Gasteiger partial charge in [-0.1, -0.05) is 0 Å². The summed E-state index contributed by atoms with van der Waals surface area (Å²) in [6.07, 6.45) is -1.11. The van der Waals surface area contributed by atoms with Crippen molar-refractivity contribution in [2.24, 2.45) is 16.6 Å². The molecule has 3 aliphatic carbocycles. The zero-order valence-electron chi connectivity index (χ0n) is 7.45. The van der Waals surface area contributed by atoms with Crippen molar-refractivity contribution in [2.75, 3.05) is 6.54 Å². The Morgan fingerprint density at radius 2 is 1.69 bits per heavy atom. The van der Waals surface area contributed by atoms with E-state index in [1.807, 2.05) is 0 Å². The summed E-state index contributed by atoms with van der Waals surface area (Å²) in [7, 11) is 0. The van der Waals surface area contributed by atoms with E-state index in [9.17, 15) is 13.2 Å². The van der Waals surface area contributed by atoms with Crippen molar-refractivity contribution in [3.05, 3.63) is 0 Å². The van der Waals surface area contributed by atoms with E-state index >= 15 is 0 Å². The van der Waals surface area contributed by atoms with Crippen molar-refractivity contribution in [3.8, 4) is 0 Å². The summed E-state index contributed by atoms with van der Waals surface area (Å²) < 4.78 is 37.2. The zero-order valence-corrected chi connectivity index (χ0v) is 7.45. The maximum absolute atomic E-state index is 12.4. The Balaban J connectivity index is 1.86. The minimum atomic E-state index is -3.96. The van der Waals surface area contributed by atoms with Crippen LogP contribution in [0.5, 0.6) is 0 Å². The Hall–Kier alpha value is -0.250. The fraction of sp³-hybridized carbons (Fsp3) is 1.00. The van der Waals surface area contributed by atoms with Gasteiger partial charge in [0.25, 0.3) is 0 Å². The van der Waals surface area contributed by atoms with Crippen LogP contribution in [-0.2, 0) is 0 Å². The third kappa shape index (κ3) is 1.11. The zero-order chi connectivity index (χ0) is 9.74. The van der Waals surface area contributed by atoms with E-state index in [0.717, 1.165) is 12.8 Å². The summed E-state index contributed by atoms with van der Waals surface area (Å²) in [4.78, 5) is 0. The molecular weight excluding hydrogens is 179 g/mol. The maximum atomic E-state index is 12.4. The quantitative estimate of drug-likeness (QED) is 0.732. The monoisotopic (exact) mass is 193 g/mol. The first-order valence-electron chi connectivity index (χ1n) is 4.70. The van der Waals surface area contributed by atoms with E-state index in [-0.39, 0.29) is 5.41 Å². The first-order chi connectivity index (χ1) is 5.93. The summed E-state index contributed by atoms with van der Waals surface area (Å²) in [5, 5.41) is 0. The third-order valence-electron chi connectivity index (χ3n) is 3.65. The lowest BCUT2D eigenvalue weighted by molar-refractivity contribution is -0.364. The molecule has 0 radical (unpaired) electrons. The fourth-order valence-corrected chi connectivity index (χ4v) is 3.04. The number of nitrogens with two attached hydrogens (primary N) is 1. The van der Waals surface area contributed by atoms with Gasteiger partial charge in [0.2, 0.25) is 0 Å². The first kappa shape index (κ1) is 9.31. The van der Waals surface area contributed by atoms with E-state index in [2.05, 4.69) is 0 Å². The molecule has 0 amide bonds. The van der Waals surface area contributed by atoms with Crippen LogP contribution in [0.4, 0.5) is 13.2 Å². The van der Waals surface area contributed by atoms with Crippen LogP contribution in [0.3, 0.4) is 0 Å². The highest BCUT2D eigenvalue weighted by atomic mass is 19.4. The van der Waals surface area contributed by atoms with Gasteiger partial charge in [-0.2, -0.15) is 13.2 Å². The molecule has 0 saturated heterocycles. The van der Waals surface area contributed by atoms with Crippen LogP contribution < -0.4 is 5.73 Å². The topological polar surface area (TPSA) is 26.0 Å². The number of rotatable bonds is 3. The summed E-state index contributed by atoms with van der Waals surface area (Å²) in [6, 6.07) is 0. The molecule has 3 aliphatic rings. The van der Waals surface area contributed by atoms with Gasteiger partial charge < -0.3 is 5.73 Å².